The topological polar surface area (TPSA) is 124 Å². The molecule has 1 heterocycles. The molecule has 8 nitrogen and oxygen atoms in total. The van der Waals surface area contributed by atoms with Gasteiger partial charge in [0.1, 0.15) is 18.0 Å². The van der Waals surface area contributed by atoms with E-state index < -0.39 is 10.0 Å². The summed E-state index contributed by atoms with van der Waals surface area (Å²) in [6.07, 6.45) is 0. The second-order valence-electron chi connectivity index (χ2n) is 4.12. The number of hydrogen-bond donors (Lipinski definition) is 2. The van der Waals surface area contributed by atoms with Crippen molar-refractivity contribution in [2.45, 2.75) is 12.7 Å². The first-order chi connectivity index (χ1) is 10.3. The molecule has 0 aromatic carbocycles. The highest BCUT2D eigenvalue weighted by molar-refractivity contribution is 9.09. The number of carbonyl (C=O) groups is 1. The van der Waals surface area contributed by atoms with E-state index in [2.05, 4.69) is 30.8 Å². The first-order valence-electron chi connectivity index (χ1n) is 6.30. The molecule has 1 aromatic heterocycles. The van der Waals surface area contributed by atoms with Crippen molar-refractivity contribution in [3.63, 3.8) is 0 Å². The second kappa shape index (κ2) is 8.20. The van der Waals surface area contributed by atoms with Gasteiger partial charge in [-0.15, -0.1) is 0 Å². The number of rotatable bonds is 8. The summed E-state index contributed by atoms with van der Waals surface area (Å²) in [5, 5.41) is 3.65. The minimum Gasteiger partial charge on any atom is -0.394 e. The van der Waals surface area contributed by atoms with Crippen LogP contribution in [-0.2, 0) is 20.6 Å². The van der Waals surface area contributed by atoms with Crippen LogP contribution in [0, 0.1) is 0 Å². The molecule has 0 aliphatic heterocycles. The zero-order valence-electron chi connectivity index (χ0n) is 12.2. The Morgan fingerprint density at radius 1 is 1.50 bits per heavy atom. The summed E-state index contributed by atoms with van der Waals surface area (Å²) in [5.74, 6) is -0.700. The average molecular weight is 393 g/mol. The largest absolute Gasteiger partial charge is 0.394 e. The number of amidine groups is 1. The van der Waals surface area contributed by atoms with E-state index in [1.54, 1.807) is 6.92 Å². The van der Waals surface area contributed by atoms with Gasteiger partial charge in [0.15, 0.2) is 11.6 Å². The van der Waals surface area contributed by atoms with Crippen LogP contribution in [0.25, 0.3) is 0 Å². The number of halogens is 1. The molecule has 1 rings (SSSR count). The van der Waals surface area contributed by atoms with Gasteiger partial charge in [-0.3, -0.25) is 4.79 Å². The molecule has 0 saturated heterocycles. The number of oxime groups is 1. The molecule has 0 amide bonds. The minimum atomic E-state index is -3.53. The number of sulfonamides is 1. The fourth-order valence-electron chi connectivity index (χ4n) is 1.51. The van der Waals surface area contributed by atoms with Gasteiger partial charge in [-0.05, 0) is 25.6 Å². The maximum atomic E-state index is 12.0. The van der Waals surface area contributed by atoms with Gasteiger partial charge in [-0.1, -0.05) is 27.2 Å². The van der Waals surface area contributed by atoms with Crippen LogP contribution < -0.4 is 10.5 Å². The van der Waals surface area contributed by atoms with Crippen molar-refractivity contribution in [2.24, 2.45) is 10.9 Å². The number of alkyl halides is 1. The highest BCUT2D eigenvalue weighted by Crippen LogP contribution is 2.13. The zero-order chi connectivity index (χ0) is 16.8. The average Bonchev–Trinajstić information content (AvgIpc) is 2.51. The first-order valence-corrected chi connectivity index (χ1v) is 9.08. The molecule has 0 aliphatic carbocycles. The van der Waals surface area contributed by atoms with Gasteiger partial charge in [-0.25, -0.2) is 18.1 Å². The molecule has 10 heteroatoms. The minimum absolute atomic E-state index is 0.00787. The molecule has 3 N–H and O–H groups in total. The summed E-state index contributed by atoms with van der Waals surface area (Å²) in [5.41, 5.74) is 6.26. The highest BCUT2D eigenvalue weighted by atomic mass is 79.9. The van der Waals surface area contributed by atoms with Crippen LogP contribution >= 0.6 is 15.9 Å². The lowest BCUT2D eigenvalue weighted by Gasteiger charge is -2.09. The lowest BCUT2D eigenvalue weighted by molar-refractivity contribution is 0.101. The standard InChI is InChI=1S/C12H17BrN4O4S/c1-3-21-17-12(14)9-5-4-8(7-22(19,20)15-2)11(16-9)10(18)6-13/h4-5,15H,3,6-7H2,1-2H3,(H2,14,17). The van der Waals surface area contributed by atoms with Gasteiger partial charge >= 0.3 is 0 Å². The van der Waals surface area contributed by atoms with Crippen LogP contribution in [0.4, 0.5) is 0 Å². The van der Waals surface area contributed by atoms with Crippen molar-refractivity contribution < 1.29 is 18.0 Å². The van der Waals surface area contributed by atoms with Crippen molar-refractivity contribution in [1.29, 1.82) is 0 Å². The molecule has 0 atom stereocenters. The number of nitrogens with zero attached hydrogens (tertiary/aromatic N) is 2. The molecule has 0 fully saturated rings. The van der Waals surface area contributed by atoms with E-state index in [9.17, 15) is 13.2 Å². The van der Waals surface area contributed by atoms with Gasteiger partial charge in [0.2, 0.25) is 10.0 Å². The van der Waals surface area contributed by atoms with Crippen LogP contribution in [-0.4, -0.2) is 44.0 Å². The number of hydrogen-bond acceptors (Lipinski definition) is 6. The molecule has 0 saturated carbocycles. The van der Waals surface area contributed by atoms with E-state index in [4.69, 9.17) is 10.6 Å². The van der Waals surface area contributed by atoms with Crippen molar-refractivity contribution in [1.82, 2.24) is 9.71 Å². The van der Waals surface area contributed by atoms with Gasteiger partial charge < -0.3 is 10.6 Å². The van der Waals surface area contributed by atoms with Crippen LogP contribution in [0.15, 0.2) is 17.3 Å². The molecule has 0 unspecified atom stereocenters. The number of nitrogens with two attached hydrogens (primary N) is 1. The predicted octanol–water partition coefficient (Wildman–Crippen LogP) is 0.365. The molecular formula is C12H17BrN4O4S. The zero-order valence-corrected chi connectivity index (χ0v) is 14.6. The summed E-state index contributed by atoms with van der Waals surface area (Å²) < 4.78 is 25.5. The quantitative estimate of drug-likeness (QED) is 0.216. The summed E-state index contributed by atoms with van der Waals surface area (Å²) in [7, 11) is -2.23. The van der Waals surface area contributed by atoms with Gasteiger partial charge in [0.25, 0.3) is 0 Å². The fraction of sp³-hybridized carbons (Fsp3) is 0.417. The predicted molar refractivity (Wildman–Crippen MR) is 86.4 cm³/mol. The Balaban J connectivity index is 3.28. The maximum Gasteiger partial charge on any atom is 0.215 e. The van der Waals surface area contributed by atoms with Gasteiger partial charge in [-0.2, -0.15) is 0 Å². The van der Waals surface area contributed by atoms with Crippen LogP contribution in [0.3, 0.4) is 0 Å². The lowest BCUT2D eigenvalue weighted by atomic mass is 10.1. The number of Topliss-reactive ketones (excluding diaryl/α,β-unsaturated/α-hetero) is 1. The van der Waals surface area contributed by atoms with E-state index in [0.29, 0.717) is 6.61 Å². The van der Waals surface area contributed by atoms with Crippen molar-refractivity contribution in [3.8, 4) is 0 Å². The number of pyridine rings is 1. The van der Waals surface area contributed by atoms with Crippen LogP contribution in [0.2, 0.25) is 0 Å². The Morgan fingerprint density at radius 3 is 2.73 bits per heavy atom. The van der Waals surface area contributed by atoms with Crippen LogP contribution in [0.1, 0.15) is 28.7 Å². The SMILES string of the molecule is CCO/N=C(\N)c1ccc(CS(=O)(=O)NC)c(C(=O)CBr)n1. The maximum absolute atomic E-state index is 12.0. The summed E-state index contributed by atoms with van der Waals surface area (Å²) in [6.45, 7) is 2.09. The number of ketones is 1. The summed E-state index contributed by atoms with van der Waals surface area (Å²) in [4.78, 5) is 20.9. The molecule has 0 radical (unpaired) electrons. The normalized spacial score (nSPS) is 12.2. The molecule has 0 spiro atoms. The fourth-order valence-corrected chi connectivity index (χ4v) is 2.56. The third-order valence-electron chi connectivity index (χ3n) is 2.58. The van der Waals surface area contributed by atoms with Crippen LogP contribution in [0.5, 0.6) is 0 Å². The Labute approximate surface area is 137 Å². The molecule has 0 bridgehead atoms. The van der Waals surface area contributed by atoms with Crippen molar-refractivity contribution in [2.75, 3.05) is 19.0 Å². The third kappa shape index (κ3) is 5.04. The summed E-state index contributed by atoms with van der Waals surface area (Å²) >= 11 is 3.05. The number of nitrogens with one attached hydrogen (secondary N) is 1. The Hall–Kier alpha value is -1.52. The Kier molecular flexibility index (Phi) is 6.91. The van der Waals surface area contributed by atoms with E-state index in [0.717, 1.165) is 0 Å². The Morgan fingerprint density at radius 2 is 2.18 bits per heavy atom. The monoisotopic (exact) mass is 392 g/mol. The second-order valence-corrected chi connectivity index (χ2v) is 6.61. The Bertz CT molecular complexity index is 676. The number of carbonyl (C=O) groups excluding carboxylic acids is 1. The molecule has 0 aliphatic rings. The third-order valence-corrected chi connectivity index (χ3v) is 4.40. The smallest absolute Gasteiger partial charge is 0.215 e. The molecule has 122 valence electrons. The van der Waals surface area contributed by atoms with E-state index in [-0.39, 0.29) is 39.7 Å². The highest BCUT2D eigenvalue weighted by Gasteiger charge is 2.19. The van der Waals surface area contributed by atoms with Crippen molar-refractivity contribution in [3.05, 3.63) is 29.1 Å². The molecule has 1 aromatic rings. The van der Waals surface area contributed by atoms with Gasteiger partial charge in [0.05, 0.1) is 11.1 Å². The lowest BCUT2D eigenvalue weighted by Crippen LogP contribution is -2.23. The summed E-state index contributed by atoms with van der Waals surface area (Å²) in [6, 6.07) is 2.98. The first kappa shape index (κ1) is 18.5. The van der Waals surface area contributed by atoms with E-state index in [1.807, 2.05) is 0 Å². The van der Waals surface area contributed by atoms with Crippen molar-refractivity contribution >= 4 is 37.6 Å². The van der Waals surface area contributed by atoms with E-state index >= 15 is 0 Å². The number of aromatic nitrogens is 1. The molecular weight excluding hydrogens is 376 g/mol. The molecule has 22 heavy (non-hydrogen) atoms. The van der Waals surface area contributed by atoms with E-state index in [1.165, 1.54) is 19.2 Å². The van der Waals surface area contributed by atoms with Gasteiger partial charge in [0, 0.05) is 0 Å².